The Labute approximate surface area is 94.0 Å². The molecule has 15 heavy (non-hydrogen) atoms. The highest BCUT2D eigenvalue weighted by Crippen LogP contribution is 2.29. The van der Waals surface area contributed by atoms with E-state index in [2.05, 4.69) is 16.3 Å². The molecule has 0 amide bonds. The average Bonchev–Trinajstić information content (AvgIpc) is 2.97. The predicted molar refractivity (Wildman–Crippen MR) is 60.8 cm³/mol. The molecule has 4 heteroatoms. The maximum atomic E-state index is 9.45. The molecule has 1 fully saturated rings. The lowest BCUT2D eigenvalue weighted by molar-refractivity contribution is 0.0543. The molecule has 1 atom stereocenters. The summed E-state index contributed by atoms with van der Waals surface area (Å²) in [7, 11) is 0. The standard InChI is InChI=1S/C11H17NO2S/c13-8-10(14)6-12(9-3-4-9)7-11-2-1-5-15-11/h1-2,5,9-10,13-14H,3-4,6-8H2. The average molecular weight is 227 g/mol. The summed E-state index contributed by atoms with van der Waals surface area (Å²) >= 11 is 1.75. The van der Waals surface area contributed by atoms with Gasteiger partial charge in [-0.25, -0.2) is 0 Å². The lowest BCUT2D eigenvalue weighted by Crippen LogP contribution is -2.35. The Hall–Kier alpha value is -0.420. The van der Waals surface area contributed by atoms with E-state index in [4.69, 9.17) is 5.11 Å². The van der Waals surface area contributed by atoms with Crippen LogP contribution in [0.25, 0.3) is 0 Å². The Bertz CT molecular complexity index is 285. The molecule has 0 saturated heterocycles. The third-order valence-corrected chi connectivity index (χ3v) is 3.52. The molecule has 1 aliphatic carbocycles. The number of hydrogen-bond donors (Lipinski definition) is 2. The van der Waals surface area contributed by atoms with Crippen LogP contribution in [0.4, 0.5) is 0 Å². The van der Waals surface area contributed by atoms with Crippen LogP contribution in [-0.4, -0.2) is 40.4 Å². The highest BCUT2D eigenvalue weighted by Gasteiger charge is 2.30. The minimum Gasteiger partial charge on any atom is -0.394 e. The SMILES string of the molecule is OCC(O)CN(Cc1cccs1)C1CC1. The Morgan fingerprint density at radius 2 is 2.33 bits per heavy atom. The third kappa shape index (κ3) is 3.28. The molecule has 2 rings (SSSR count). The molecule has 84 valence electrons. The zero-order chi connectivity index (χ0) is 10.7. The Morgan fingerprint density at radius 1 is 1.53 bits per heavy atom. The molecule has 1 unspecified atom stereocenters. The summed E-state index contributed by atoms with van der Waals surface area (Å²) in [5.41, 5.74) is 0. The van der Waals surface area contributed by atoms with Gasteiger partial charge in [0.25, 0.3) is 0 Å². The van der Waals surface area contributed by atoms with Gasteiger partial charge in [-0.3, -0.25) is 4.90 Å². The summed E-state index contributed by atoms with van der Waals surface area (Å²) in [4.78, 5) is 3.60. The second kappa shape index (κ2) is 5.07. The highest BCUT2D eigenvalue weighted by atomic mass is 32.1. The Kier molecular flexibility index (Phi) is 3.75. The van der Waals surface area contributed by atoms with Gasteiger partial charge in [-0.05, 0) is 24.3 Å². The van der Waals surface area contributed by atoms with Gasteiger partial charge < -0.3 is 10.2 Å². The van der Waals surface area contributed by atoms with Gasteiger partial charge in [-0.1, -0.05) is 6.07 Å². The van der Waals surface area contributed by atoms with Crippen LogP contribution in [0.5, 0.6) is 0 Å². The fraction of sp³-hybridized carbons (Fsp3) is 0.636. The van der Waals surface area contributed by atoms with Crippen molar-refractivity contribution >= 4 is 11.3 Å². The van der Waals surface area contributed by atoms with Gasteiger partial charge in [0, 0.05) is 24.0 Å². The van der Waals surface area contributed by atoms with Gasteiger partial charge in [0.05, 0.1) is 12.7 Å². The van der Waals surface area contributed by atoms with Crippen molar-refractivity contribution in [3.05, 3.63) is 22.4 Å². The molecule has 0 spiro atoms. The lowest BCUT2D eigenvalue weighted by Gasteiger charge is -2.23. The van der Waals surface area contributed by atoms with E-state index < -0.39 is 6.10 Å². The minimum absolute atomic E-state index is 0.145. The molecule has 3 nitrogen and oxygen atoms in total. The largest absolute Gasteiger partial charge is 0.394 e. The summed E-state index contributed by atoms with van der Waals surface area (Å²) in [6, 6.07) is 4.78. The van der Waals surface area contributed by atoms with Crippen LogP contribution in [-0.2, 0) is 6.54 Å². The van der Waals surface area contributed by atoms with Crippen molar-refractivity contribution in [2.75, 3.05) is 13.2 Å². The molecule has 1 saturated carbocycles. The van der Waals surface area contributed by atoms with Gasteiger partial charge in [-0.2, -0.15) is 0 Å². The van der Waals surface area contributed by atoms with E-state index in [0.717, 1.165) is 6.54 Å². The maximum Gasteiger partial charge on any atom is 0.0897 e. The van der Waals surface area contributed by atoms with Gasteiger partial charge in [0.15, 0.2) is 0 Å². The van der Waals surface area contributed by atoms with Gasteiger partial charge in [0.1, 0.15) is 0 Å². The van der Waals surface area contributed by atoms with Crippen molar-refractivity contribution in [1.82, 2.24) is 4.90 Å². The summed E-state index contributed by atoms with van der Waals surface area (Å²) in [5, 5.41) is 20.4. The van der Waals surface area contributed by atoms with E-state index in [1.807, 2.05) is 6.07 Å². The van der Waals surface area contributed by atoms with Crippen LogP contribution in [0.2, 0.25) is 0 Å². The quantitative estimate of drug-likeness (QED) is 0.764. The van der Waals surface area contributed by atoms with Gasteiger partial charge in [0.2, 0.25) is 0 Å². The normalized spacial score (nSPS) is 18.3. The van der Waals surface area contributed by atoms with Crippen molar-refractivity contribution in [2.45, 2.75) is 31.5 Å². The van der Waals surface area contributed by atoms with Crippen molar-refractivity contribution in [2.24, 2.45) is 0 Å². The number of aliphatic hydroxyl groups excluding tert-OH is 2. The topological polar surface area (TPSA) is 43.7 Å². The molecule has 1 aromatic heterocycles. The molecule has 0 radical (unpaired) electrons. The maximum absolute atomic E-state index is 9.45. The van der Waals surface area contributed by atoms with Crippen molar-refractivity contribution < 1.29 is 10.2 Å². The number of aliphatic hydroxyl groups is 2. The molecule has 1 aromatic rings. The minimum atomic E-state index is -0.606. The van der Waals surface area contributed by atoms with Crippen LogP contribution in [0.15, 0.2) is 17.5 Å². The molecular weight excluding hydrogens is 210 g/mol. The van der Waals surface area contributed by atoms with Crippen LogP contribution in [0, 0.1) is 0 Å². The van der Waals surface area contributed by atoms with E-state index in [1.165, 1.54) is 17.7 Å². The summed E-state index contributed by atoms with van der Waals surface area (Å²) in [5.74, 6) is 0. The first kappa shape index (κ1) is 11.1. The molecule has 0 bridgehead atoms. The second-order valence-electron chi connectivity index (χ2n) is 4.08. The third-order valence-electron chi connectivity index (χ3n) is 2.66. The summed E-state index contributed by atoms with van der Waals surface area (Å²) in [6.45, 7) is 1.34. The Balaban J connectivity index is 1.88. The van der Waals surface area contributed by atoms with Crippen molar-refractivity contribution in [3.63, 3.8) is 0 Å². The van der Waals surface area contributed by atoms with Crippen LogP contribution in [0.3, 0.4) is 0 Å². The molecule has 2 N–H and O–H groups in total. The smallest absolute Gasteiger partial charge is 0.0897 e. The first-order chi connectivity index (χ1) is 7.29. The van der Waals surface area contributed by atoms with E-state index >= 15 is 0 Å². The number of hydrogen-bond acceptors (Lipinski definition) is 4. The van der Waals surface area contributed by atoms with Gasteiger partial charge >= 0.3 is 0 Å². The Morgan fingerprint density at radius 3 is 2.87 bits per heavy atom. The molecular formula is C11H17NO2S. The first-order valence-electron chi connectivity index (χ1n) is 5.35. The fourth-order valence-corrected chi connectivity index (χ4v) is 2.44. The highest BCUT2D eigenvalue weighted by molar-refractivity contribution is 7.09. The van der Waals surface area contributed by atoms with Crippen LogP contribution in [0.1, 0.15) is 17.7 Å². The molecule has 0 aromatic carbocycles. The molecule has 0 aliphatic heterocycles. The van der Waals surface area contributed by atoms with Crippen LogP contribution >= 0.6 is 11.3 Å². The number of rotatable bonds is 6. The zero-order valence-corrected chi connectivity index (χ0v) is 9.49. The van der Waals surface area contributed by atoms with Crippen LogP contribution < -0.4 is 0 Å². The molecule has 1 aliphatic rings. The van der Waals surface area contributed by atoms with E-state index in [0.29, 0.717) is 12.6 Å². The summed E-state index contributed by atoms with van der Waals surface area (Å²) < 4.78 is 0. The monoisotopic (exact) mass is 227 g/mol. The van der Waals surface area contributed by atoms with Gasteiger partial charge in [-0.15, -0.1) is 11.3 Å². The molecule has 1 heterocycles. The predicted octanol–water partition coefficient (Wildman–Crippen LogP) is 1.07. The first-order valence-corrected chi connectivity index (χ1v) is 6.23. The zero-order valence-electron chi connectivity index (χ0n) is 8.67. The van der Waals surface area contributed by atoms with Crippen molar-refractivity contribution in [1.29, 1.82) is 0 Å². The lowest BCUT2D eigenvalue weighted by atomic mass is 10.3. The number of nitrogens with zero attached hydrogens (tertiary/aromatic N) is 1. The van der Waals surface area contributed by atoms with Crippen molar-refractivity contribution in [3.8, 4) is 0 Å². The van der Waals surface area contributed by atoms with E-state index in [-0.39, 0.29) is 6.61 Å². The number of thiophene rings is 1. The summed E-state index contributed by atoms with van der Waals surface area (Å²) in [6.07, 6.45) is 1.85. The van der Waals surface area contributed by atoms with E-state index in [1.54, 1.807) is 11.3 Å². The second-order valence-corrected chi connectivity index (χ2v) is 5.11. The van der Waals surface area contributed by atoms with E-state index in [9.17, 15) is 5.11 Å². The fourth-order valence-electron chi connectivity index (χ4n) is 1.71.